The second-order valence-electron chi connectivity index (χ2n) is 3.50. The van der Waals surface area contributed by atoms with Crippen LogP contribution < -0.4 is 16.0 Å². The molecular weight excluding hydrogens is 274 g/mol. The fraction of sp³-hybridized carbons (Fsp3) is 0.600. The molecule has 108 valence electrons. The van der Waals surface area contributed by atoms with Gasteiger partial charge in [-0.15, -0.1) is 11.8 Å². The van der Waals surface area contributed by atoms with Crippen molar-refractivity contribution in [3.63, 3.8) is 0 Å². The number of carbonyl (C=O) groups is 4. The minimum absolute atomic E-state index is 0.0259. The van der Waals surface area contributed by atoms with E-state index in [4.69, 9.17) is 5.11 Å². The number of nitrogens with one attached hydrogen (secondary N) is 3. The highest BCUT2D eigenvalue weighted by Crippen LogP contribution is 2.12. The van der Waals surface area contributed by atoms with Crippen LogP contribution >= 0.6 is 11.8 Å². The number of hydrogen-bond acceptors (Lipinski definition) is 5. The highest BCUT2D eigenvalue weighted by Gasteiger charge is 2.21. The lowest BCUT2D eigenvalue weighted by Crippen LogP contribution is -2.43. The molecule has 0 heterocycles. The first-order valence-electron chi connectivity index (χ1n) is 5.55. The summed E-state index contributed by atoms with van der Waals surface area (Å²) in [6.07, 6.45) is 0.290. The third-order valence-corrected chi connectivity index (χ3v) is 3.26. The molecule has 0 aromatic rings. The SMILES string of the molecule is CCNC(=O)NC(=O)C(C)SCC(NC=O)C(=O)O. The van der Waals surface area contributed by atoms with E-state index in [1.54, 1.807) is 13.8 Å². The summed E-state index contributed by atoms with van der Waals surface area (Å²) >= 11 is 1.03. The van der Waals surface area contributed by atoms with E-state index in [-0.39, 0.29) is 5.75 Å². The molecule has 0 rings (SSSR count). The lowest BCUT2D eigenvalue weighted by Gasteiger charge is -2.14. The largest absolute Gasteiger partial charge is 0.480 e. The zero-order valence-corrected chi connectivity index (χ0v) is 11.5. The van der Waals surface area contributed by atoms with E-state index in [0.717, 1.165) is 11.8 Å². The third kappa shape index (κ3) is 7.29. The molecule has 19 heavy (non-hydrogen) atoms. The Bertz CT molecular complexity index is 350. The Morgan fingerprint density at radius 1 is 1.37 bits per heavy atom. The van der Waals surface area contributed by atoms with Gasteiger partial charge in [0.15, 0.2) is 0 Å². The fourth-order valence-corrected chi connectivity index (χ4v) is 1.94. The van der Waals surface area contributed by atoms with Crippen LogP contribution in [-0.2, 0) is 14.4 Å². The minimum Gasteiger partial charge on any atom is -0.480 e. The van der Waals surface area contributed by atoms with E-state index < -0.39 is 29.2 Å². The van der Waals surface area contributed by atoms with Gasteiger partial charge in [-0.3, -0.25) is 14.9 Å². The lowest BCUT2D eigenvalue weighted by atomic mass is 10.3. The smallest absolute Gasteiger partial charge is 0.327 e. The molecule has 4 N–H and O–H groups in total. The number of imide groups is 1. The zero-order chi connectivity index (χ0) is 14.8. The number of hydrogen-bond donors (Lipinski definition) is 4. The van der Waals surface area contributed by atoms with Gasteiger partial charge in [0.25, 0.3) is 0 Å². The molecule has 0 aliphatic rings. The normalized spacial score (nSPS) is 12.9. The summed E-state index contributed by atoms with van der Waals surface area (Å²) in [5, 5.41) is 14.8. The number of amides is 4. The van der Waals surface area contributed by atoms with Gasteiger partial charge in [-0.05, 0) is 13.8 Å². The van der Waals surface area contributed by atoms with Crippen molar-refractivity contribution < 1.29 is 24.3 Å². The standard InChI is InChI=1S/C10H17N3O5S/c1-3-11-10(18)13-8(15)6(2)19-4-7(9(16)17)12-5-14/h5-7H,3-4H2,1-2H3,(H,12,14)(H,16,17)(H2,11,13,15,18). The summed E-state index contributed by atoms with van der Waals surface area (Å²) in [5.41, 5.74) is 0. The van der Waals surface area contributed by atoms with Gasteiger partial charge in [-0.1, -0.05) is 0 Å². The molecule has 0 aromatic carbocycles. The van der Waals surface area contributed by atoms with Crippen LogP contribution in [0.1, 0.15) is 13.8 Å². The Balaban J connectivity index is 4.17. The van der Waals surface area contributed by atoms with E-state index in [1.165, 1.54) is 0 Å². The van der Waals surface area contributed by atoms with Gasteiger partial charge in [-0.2, -0.15) is 0 Å². The monoisotopic (exact) mass is 291 g/mol. The van der Waals surface area contributed by atoms with Crippen LogP contribution in [-0.4, -0.2) is 53.0 Å². The van der Waals surface area contributed by atoms with Gasteiger partial charge >= 0.3 is 12.0 Å². The Morgan fingerprint density at radius 2 is 2.00 bits per heavy atom. The molecule has 0 aliphatic carbocycles. The highest BCUT2D eigenvalue weighted by atomic mass is 32.2. The molecule has 0 aliphatic heterocycles. The van der Waals surface area contributed by atoms with Crippen molar-refractivity contribution in [2.45, 2.75) is 25.1 Å². The number of urea groups is 1. The molecule has 8 nitrogen and oxygen atoms in total. The molecule has 0 spiro atoms. The van der Waals surface area contributed by atoms with Crippen LogP contribution in [0.15, 0.2) is 0 Å². The van der Waals surface area contributed by atoms with E-state index in [2.05, 4.69) is 16.0 Å². The Hall–Kier alpha value is -1.77. The quantitative estimate of drug-likeness (QED) is 0.432. The topological polar surface area (TPSA) is 125 Å². The number of rotatable bonds is 8. The number of aliphatic carboxylic acids is 1. The number of carbonyl (C=O) groups excluding carboxylic acids is 3. The molecule has 0 saturated heterocycles. The molecule has 0 radical (unpaired) electrons. The fourth-order valence-electron chi connectivity index (χ4n) is 1.01. The first-order valence-corrected chi connectivity index (χ1v) is 6.60. The molecule has 0 aromatic heterocycles. The summed E-state index contributed by atoms with van der Waals surface area (Å²) in [4.78, 5) is 43.6. The van der Waals surface area contributed by atoms with Crippen LogP contribution in [0.5, 0.6) is 0 Å². The molecule has 2 atom stereocenters. The van der Waals surface area contributed by atoms with Crippen molar-refractivity contribution in [2.75, 3.05) is 12.3 Å². The Labute approximate surface area is 114 Å². The van der Waals surface area contributed by atoms with Gasteiger partial charge in [0.1, 0.15) is 6.04 Å². The van der Waals surface area contributed by atoms with E-state index >= 15 is 0 Å². The number of carboxylic acid groups (broad SMARTS) is 1. The van der Waals surface area contributed by atoms with E-state index in [1.807, 2.05) is 0 Å². The average molecular weight is 291 g/mol. The van der Waals surface area contributed by atoms with E-state index in [0.29, 0.717) is 13.0 Å². The van der Waals surface area contributed by atoms with Gasteiger partial charge in [-0.25, -0.2) is 9.59 Å². The number of carboxylic acids is 1. The summed E-state index contributed by atoms with van der Waals surface area (Å²) in [6.45, 7) is 3.65. The summed E-state index contributed by atoms with van der Waals surface area (Å²) in [6, 6.07) is -1.66. The molecule has 2 unspecified atom stereocenters. The van der Waals surface area contributed by atoms with Crippen molar-refractivity contribution in [3.05, 3.63) is 0 Å². The zero-order valence-electron chi connectivity index (χ0n) is 10.6. The average Bonchev–Trinajstić information content (AvgIpc) is 2.33. The summed E-state index contributed by atoms with van der Waals surface area (Å²) in [7, 11) is 0. The number of thioether (sulfide) groups is 1. The Kier molecular flexibility index (Phi) is 8.34. The molecule has 9 heteroatoms. The van der Waals surface area contributed by atoms with Crippen molar-refractivity contribution in [2.24, 2.45) is 0 Å². The molecule has 0 fully saturated rings. The van der Waals surface area contributed by atoms with Gasteiger partial charge in [0.05, 0.1) is 5.25 Å². The second-order valence-corrected chi connectivity index (χ2v) is 4.87. The predicted molar refractivity (Wildman–Crippen MR) is 69.8 cm³/mol. The van der Waals surface area contributed by atoms with Crippen LogP contribution in [0.4, 0.5) is 4.79 Å². The lowest BCUT2D eigenvalue weighted by molar-refractivity contribution is -0.139. The van der Waals surface area contributed by atoms with Crippen LogP contribution in [0.3, 0.4) is 0 Å². The molecule has 0 saturated carbocycles. The van der Waals surface area contributed by atoms with Crippen molar-refractivity contribution in [3.8, 4) is 0 Å². The predicted octanol–water partition coefficient (Wildman–Crippen LogP) is -0.847. The van der Waals surface area contributed by atoms with Crippen molar-refractivity contribution >= 4 is 36.1 Å². The maximum Gasteiger partial charge on any atom is 0.327 e. The van der Waals surface area contributed by atoms with E-state index in [9.17, 15) is 19.2 Å². The first kappa shape index (κ1) is 17.2. The van der Waals surface area contributed by atoms with Crippen LogP contribution in [0.25, 0.3) is 0 Å². The van der Waals surface area contributed by atoms with Crippen molar-refractivity contribution in [1.82, 2.24) is 16.0 Å². The minimum atomic E-state index is -1.18. The maximum atomic E-state index is 11.5. The Morgan fingerprint density at radius 3 is 2.47 bits per heavy atom. The van der Waals surface area contributed by atoms with Crippen LogP contribution in [0.2, 0.25) is 0 Å². The van der Waals surface area contributed by atoms with Gasteiger partial charge in [0, 0.05) is 12.3 Å². The maximum absolute atomic E-state index is 11.5. The third-order valence-electron chi connectivity index (χ3n) is 2.02. The molecule has 0 bridgehead atoms. The van der Waals surface area contributed by atoms with Gasteiger partial charge in [0.2, 0.25) is 12.3 Å². The second kappa shape index (κ2) is 9.20. The van der Waals surface area contributed by atoms with Gasteiger partial charge < -0.3 is 15.7 Å². The molecular formula is C10H17N3O5S. The first-order chi connectivity index (χ1) is 8.92. The highest BCUT2D eigenvalue weighted by molar-refractivity contribution is 8.00. The molecule has 4 amide bonds. The summed E-state index contributed by atoms with van der Waals surface area (Å²) in [5.74, 6) is -1.68. The van der Waals surface area contributed by atoms with Crippen molar-refractivity contribution in [1.29, 1.82) is 0 Å². The summed E-state index contributed by atoms with van der Waals surface area (Å²) < 4.78 is 0. The van der Waals surface area contributed by atoms with Crippen LogP contribution in [0, 0.1) is 0 Å².